The van der Waals surface area contributed by atoms with E-state index in [1.165, 1.54) is 4.31 Å². The summed E-state index contributed by atoms with van der Waals surface area (Å²) in [5.41, 5.74) is 5.83. The molecule has 2 heterocycles. The van der Waals surface area contributed by atoms with Crippen LogP contribution in [0.25, 0.3) is 0 Å². The maximum atomic E-state index is 12.6. The zero-order valence-corrected chi connectivity index (χ0v) is 14.6. The molecule has 0 radical (unpaired) electrons. The zero-order chi connectivity index (χ0) is 15.5. The monoisotopic (exact) mass is 353 g/mol. The van der Waals surface area contributed by atoms with Crippen LogP contribution in [0.2, 0.25) is 0 Å². The molecule has 22 heavy (non-hydrogen) atoms. The highest BCUT2D eigenvalue weighted by molar-refractivity contribution is 7.89. The van der Waals surface area contributed by atoms with Crippen molar-refractivity contribution in [1.82, 2.24) is 9.46 Å². The molecule has 1 aliphatic heterocycles. The Kier molecular flexibility index (Phi) is 7.27. The second-order valence-corrected chi connectivity index (χ2v) is 7.14. The van der Waals surface area contributed by atoms with Crippen molar-refractivity contribution >= 4 is 22.4 Å². The van der Waals surface area contributed by atoms with Gasteiger partial charge in [-0.05, 0) is 39.7 Å². The Labute approximate surface area is 137 Å². The van der Waals surface area contributed by atoms with Crippen molar-refractivity contribution in [2.45, 2.75) is 44.1 Å². The lowest BCUT2D eigenvalue weighted by atomic mass is 10.1. The lowest BCUT2D eigenvalue weighted by Gasteiger charge is -2.31. The standard InChI is InChI=1S/C13H23N3O4S.ClH/c1-10-13(11(2)20-15-10)21(17,18)16-7-4-12(5-8-16)19-9-3-6-14;/h12H,3-9,14H2,1-2H3;1H. The molecule has 128 valence electrons. The predicted molar refractivity (Wildman–Crippen MR) is 84.6 cm³/mol. The second-order valence-electron chi connectivity index (χ2n) is 5.27. The highest BCUT2D eigenvalue weighted by Gasteiger charge is 2.33. The Morgan fingerprint density at radius 3 is 2.50 bits per heavy atom. The summed E-state index contributed by atoms with van der Waals surface area (Å²) in [6.45, 7) is 5.43. The Morgan fingerprint density at radius 1 is 1.36 bits per heavy atom. The average molecular weight is 354 g/mol. The van der Waals surface area contributed by atoms with Crippen molar-refractivity contribution in [3.8, 4) is 0 Å². The van der Waals surface area contributed by atoms with E-state index in [9.17, 15) is 8.42 Å². The van der Waals surface area contributed by atoms with E-state index in [0.717, 1.165) is 6.42 Å². The fourth-order valence-corrected chi connectivity index (χ4v) is 4.31. The number of aryl methyl sites for hydroxylation is 2. The SMILES string of the molecule is Cc1noc(C)c1S(=O)(=O)N1CCC(OCCCN)CC1.Cl. The quantitative estimate of drug-likeness (QED) is 0.772. The fourth-order valence-electron chi connectivity index (χ4n) is 2.54. The summed E-state index contributed by atoms with van der Waals surface area (Å²) in [5, 5.41) is 3.72. The van der Waals surface area contributed by atoms with Gasteiger partial charge in [0.15, 0.2) is 5.76 Å². The van der Waals surface area contributed by atoms with E-state index in [-0.39, 0.29) is 23.4 Å². The van der Waals surface area contributed by atoms with Gasteiger partial charge in [0.05, 0.1) is 6.10 Å². The van der Waals surface area contributed by atoms with Gasteiger partial charge in [-0.15, -0.1) is 12.4 Å². The van der Waals surface area contributed by atoms with E-state index in [1.807, 2.05) is 0 Å². The molecule has 0 amide bonds. The molecule has 0 aromatic carbocycles. The normalized spacial score (nSPS) is 17.4. The molecule has 9 heteroatoms. The van der Waals surface area contributed by atoms with Crippen molar-refractivity contribution in [2.24, 2.45) is 5.73 Å². The molecule has 2 N–H and O–H groups in total. The van der Waals surface area contributed by atoms with Crippen LogP contribution in [0.4, 0.5) is 0 Å². The Hall–Kier alpha value is -0.670. The molecule has 1 aromatic rings. The van der Waals surface area contributed by atoms with Crippen LogP contribution in [0.3, 0.4) is 0 Å². The third kappa shape index (κ3) is 4.20. The Morgan fingerprint density at radius 2 is 2.00 bits per heavy atom. The van der Waals surface area contributed by atoms with Gasteiger partial charge < -0.3 is 15.0 Å². The number of nitrogens with zero attached hydrogens (tertiary/aromatic N) is 2. The van der Waals surface area contributed by atoms with E-state index in [0.29, 0.717) is 50.5 Å². The molecule has 1 aromatic heterocycles. The Balaban J connectivity index is 0.00000242. The summed E-state index contributed by atoms with van der Waals surface area (Å²) in [6.07, 6.45) is 2.35. The number of hydrogen-bond acceptors (Lipinski definition) is 6. The minimum Gasteiger partial charge on any atom is -0.378 e. The molecule has 0 saturated carbocycles. The number of piperidine rings is 1. The zero-order valence-electron chi connectivity index (χ0n) is 12.9. The van der Waals surface area contributed by atoms with E-state index in [2.05, 4.69) is 5.16 Å². The van der Waals surface area contributed by atoms with Crippen LogP contribution in [0.15, 0.2) is 9.42 Å². The van der Waals surface area contributed by atoms with Crippen LogP contribution < -0.4 is 5.73 Å². The van der Waals surface area contributed by atoms with Gasteiger partial charge in [-0.2, -0.15) is 4.31 Å². The summed E-state index contributed by atoms with van der Waals surface area (Å²) in [6, 6.07) is 0. The smallest absolute Gasteiger partial charge is 0.248 e. The predicted octanol–water partition coefficient (Wildman–Crippen LogP) is 1.23. The topological polar surface area (TPSA) is 98.7 Å². The van der Waals surface area contributed by atoms with Crippen molar-refractivity contribution in [3.05, 3.63) is 11.5 Å². The van der Waals surface area contributed by atoms with E-state index in [1.54, 1.807) is 13.8 Å². The molecule has 0 aliphatic carbocycles. The molecule has 1 saturated heterocycles. The molecule has 1 fully saturated rings. The van der Waals surface area contributed by atoms with E-state index in [4.69, 9.17) is 15.0 Å². The Bertz CT molecular complexity index is 548. The molecule has 1 aliphatic rings. The summed E-state index contributed by atoms with van der Waals surface area (Å²) in [4.78, 5) is 0.199. The molecule has 0 atom stereocenters. The van der Waals surface area contributed by atoms with Gasteiger partial charge in [-0.25, -0.2) is 8.42 Å². The fraction of sp³-hybridized carbons (Fsp3) is 0.769. The third-order valence-electron chi connectivity index (χ3n) is 3.67. The maximum Gasteiger partial charge on any atom is 0.248 e. The number of sulfonamides is 1. The van der Waals surface area contributed by atoms with Gasteiger partial charge in [-0.3, -0.25) is 0 Å². The molecule has 2 rings (SSSR count). The number of aromatic nitrogens is 1. The summed E-state index contributed by atoms with van der Waals surface area (Å²) in [5.74, 6) is 0.341. The molecule has 0 unspecified atom stereocenters. The number of halogens is 1. The van der Waals surface area contributed by atoms with Crippen molar-refractivity contribution < 1.29 is 17.7 Å². The molecule has 7 nitrogen and oxygen atoms in total. The molecular weight excluding hydrogens is 330 g/mol. The van der Waals surface area contributed by atoms with Gasteiger partial charge in [0.1, 0.15) is 10.6 Å². The maximum absolute atomic E-state index is 12.6. The molecule has 0 bridgehead atoms. The number of ether oxygens (including phenoxy) is 1. The minimum absolute atomic E-state index is 0. The molecule has 0 spiro atoms. The van der Waals surface area contributed by atoms with Crippen LogP contribution in [-0.4, -0.2) is 50.2 Å². The van der Waals surface area contributed by atoms with Crippen LogP contribution in [0, 0.1) is 13.8 Å². The largest absolute Gasteiger partial charge is 0.378 e. The van der Waals surface area contributed by atoms with Gasteiger partial charge in [0.2, 0.25) is 10.0 Å². The summed E-state index contributed by atoms with van der Waals surface area (Å²) < 4.78 is 37.4. The van der Waals surface area contributed by atoms with Crippen molar-refractivity contribution in [1.29, 1.82) is 0 Å². The minimum atomic E-state index is -3.53. The first-order valence-electron chi connectivity index (χ1n) is 7.21. The van der Waals surface area contributed by atoms with Gasteiger partial charge in [0.25, 0.3) is 0 Å². The van der Waals surface area contributed by atoms with Gasteiger partial charge in [0, 0.05) is 19.7 Å². The highest BCUT2D eigenvalue weighted by Crippen LogP contribution is 2.26. The third-order valence-corrected chi connectivity index (χ3v) is 5.81. The lowest BCUT2D eigenvalue weighted by Crippen LogP contribution is -2.41. The van der Waals surface area contributed by atoms with Crippen LogP contribution in [0.1, 0.15) is 30.7 Å². The molecular formula is C13H24ClN3O4S. The average Bonchev–Trinajstić information content (AvgIpc) is 2.79. The van der Waals surface area contributed by atoms with E-state index >= 15 is 0 Å². The van der Waals surface area contributed by atoms with Gasteiger partial charge in [-0.1, -0.05) is 5.16 Å². The van der Waals surface area contributed by atoms with Crippen LogP contribution in [-0.2, 0) is 14.8 Å². The first kappa shape index (κ1) is 19.4. The summed E-state index contributed by atoms with van der Waals surface area (Å²) in [7, 11) is -3.53. The van der Waals surface area contributed by atoms with Crippen molar-refractivity contribution in [2.75, 3.05) is 26.2 Å². The number of nitrogens with two attached hydrogens (primary N) is 1. The van der Waals surface area contributed by atoms with Crippen LogP contribution in [0.5, 0.6) is 0 Å². The van der Waals surface area contributed by atoms with E-state index < -0.39 is 10.0 Å². The lowest BCUT2D eigenvalue weighted by molar-refractivity contribution is 0.0209. The number of rotatable bonds is 6. The number of hydrogen-bond donors (Lipinski definition) is 1. The first-order chi connectivity index (χ1) is 9.96. The summed E-state index contributed by atoms with van der Waals surface area (Å²) >= 11 is 0. The first-order valence-corrected chi connectivity index (χ1v) is 8.65. The second kappa shape index (κ2) is 8.26. The van der Waals surface area contributed by atoms with Gasteiger partial charge >= 0.3 is 0 Å². The van der Waals surface area contributed by atoms with Crippen LogP contribution >= 0.6 is 12.4 Å². The highest BCUT2D eigenvalue weighted by atomic mass is 35.5. The van der Waals surface area contributed by atoms with Crippen molar-refractivity contribution in [3.63, 3.8) is 0 Å².